The van der Waals surface area contributed by atoms with Gasteiger partial charge >= 0.3 is 0 Å². The number of piperidine rings is 1. The smallest absolute Gasteiger partial charge is 0.222 e. The molecule has 0 atom stereocenters. The third kappa shape index (κ3) is 4.78. The van der Waals surface area contributed by atoms with Crippen LogP contribution < -0.4 is 5.32 Å². The van der Waals surface area contributed by atoms with E-state index in [4.69, 9.17) is 0 Å². The van der Waals surface area contributed by atoms with E-state index in [0.717, 1.165) is 23.1 Å². The van der Waals surface area contributed by atoms with E-state index >= 15 is 0 Å². The summed E-state index contributed by atoms with van der Waals surface area (Å²) in [4.78, 5) is 19.1. The maximum absolute atomic E-state index is 12.2. The van der Waals surface area contributed by atoms with Gasteiger partial charge in [-0.1, -0.05) is 42.8 Å². The van der Waals surface area contributed by atoms with E-state index in [1.807, 2.05) is 28.8 Å². The molecule has 1 aliphatic heterocycles. The lowest BCUT2D eigenvalue weighted by Crippen LogP contribution is -2.29. The minimum atomic E-state index is 0.0650. The summed E-state index contributed by atoms with van der Waals surface area (Å²) in [6, 6.07) is 16.6. The number of hydrogen-bond acceptors (Lipinski definition) is 3. The van der Waals surface area contributed by atoms with Gasteiger partial charge in [0.15, 0.2) is 0 Å². The van der Waals surface area contributed by atoms with Crippen LogP contribution in [0.2, 0.25) is 0 Å². The van der Waals surface area contributed by atoms with Crippen molar-refractivity contribution in [2.45, 2.75) is 45.3 Å². The number of carbonyl (C=O) groups excluding carboxylic acids is 1. The summed E-state index contributed by atoms with van der Waals surface area (Å²) in [5.74, 6) is 0.0650. The van der Waals surface area contributed by atoms with Crippen LogP contribution in [0.25, 0.3) is 11.0 Å². The van der Waals surface area contributed by atoms with Crippen molar-refractivity contribution in [3.63, 3.8) is 0 Å². The number of nitrogens with zero attached hydrogens (tertiary/aromatic N) is 3. The Morgan fingerprint density at radius 3 is 2.54 bits per heavy atom. The van der Waals surface area contributed by atoms with Gasteiger partial charge in [0.25, 0.3) is 0 Å². The van der Waals surface area contributed by atoms with Gasteiger partial charge in [-0.15, -0.1) is 0 Å². The van der Waals surface area contributed by atoms with Gasteiger partial charge < -0.3 is 9.88 Å². The molecule has 1 fully saturated rings. The standard InChI is InChI=1S/C23H28N4O/c28-23(12-15-27-18-25-21-6-2-3-7-22(21)27)24-16-19-8-10-20(11-9-19)17-26-13-4-1-5-14-26/h2-3,6-11,18H,1,4-5,12-17H2,(H,24,28). The minimum absolute atomic E-state index is 0.0650. The second-order valence-corrected chi connectivity index (χ2v) is 7.61. The summed E-state index contributed by atoms with van der Waals surface area (Å²) in [5, 5.41) is 3.03. The van der Waals surface area contributed by atoms with E-state index in [2.05, 4.69) is 39.5 Å². The lowest BCUT2D eigenvalue weighted by atomic mass is 10.1. The zero-order valence-electron chi connectivity index (χ0n) is 16.3. The summed E-state index contributed by atoms with van der Waals surface area (Å²) in [7, 11) is 0. The van der Waals surface area contributed by atoms with Gasteiger partial charge in [0.05, 0.1) is 17.4 Å². The van der Waals surface area contributed by atoms with Crippen LogP contribution in [-0.4, -0.2) is 33.4 Å². The van der Waals surface area contributed by atoms with Crippen LogP contribution in [0.15, 0.2) is 54.9 Å². The van der Waals surface area contributed by atoms with Crippen LogP contribution in [0, 0.1) is 0 Å². The van der Waals surface area contributed by atoms with Crippen molar-refractivity contribution in [2.24, 2.45) is 0 Å². The minimum Gasteiger partial charge on any atom is -0.352 e. The molecule has 1 amide bonds. The number of imidazole rings is 1. The fraction of sp³-hybridized carbons (Fsp3) is 0.391. The fourth-order valence-corrected chi connectivity index (χ4v) is 3.84. The molecule has 5 nitrogen and oxygen atoms in total. The molecule has 146 valence electrons. The van der Waals surface area contributed by atoms with Crippen molar-refractivity contribution < 1.29 is 4.79 Å². The van der Waals surface area contributed by atoms with Crippen LogP contribution in [0.5, 0.6) is 0 Å². The number of benzene rings is 2. The second-order valence-electron chi connectivity index (χ2n) is 7.61. The van der Waals surface area contributed by atoms with Crippen LogP contribution >= 0.6 is 0 Å². The van der Waals surface area contributed by atoms with Crippen molar-refractivity contribution in [3.8, 4) is 0 Å². The third-order valence-corrected chi connectivity index (χ3v) is 5.47. The summed E-state index contributed by atoms with van der Waals surface area (Å²) < 4.78 is 2.03. The van der Waals surface area contributed by atoms with Gasteiger partial charge in [0.1, 0.15) is 0 Å². The fourth-order valence-electron chi connectivity index (χ4n) is 3.84. The normalized spacial score (nSPS) is 15.0. The summed E-state index contributed by atoms with van der Waals surface area (Å²) >= 11 is 0. The highest BCUT2D eigenvalue weighted by Crippen LogP contribution is 2.14. The lowest BCUT2D eigenvalue weighted by molar-refractivity contribution is -0.121. The van der Waals surface area contributed by atoms with Crippen molar-refractivity contribution in [1.82, 2.24) is 19.8 Å². The number of nitrogens with one attached hydrogen (secondary N) is 1. The highest BCUT2D eigenvalue weighted by atomic mass is 16.1. The molecule has 0 aliphatic carbocycles. The van der Waals surface area contributed by atoms with Gasteiger partial charge in [-0.3, -0.25) is 9.69 Å². The monoisotopic (exact) mass is 376 g/mol. The predicted molar refractivity (Wildman–Crippen MR) is 112 cm³/mol. The molecule has 1 aliphatic rings. The number of para-hydroxylation sites is 2. The number of carbonyl (C=O) groups is 1. The number of hydrogen-bond donors (Lipinski definition) is 1. The maximum Gasteiger partial charge on any atom is 0.222 e. The van der Waals surface area contributed by atoms with Gasteiger partial charge in [-0.25, -0.2) is 4.98 Å². The molecule has 1 N–H and O–H groups in total. The Labute approximate surface area is 166 Å². The molecule has 0 bridgehead atoms. The molecular formula is C23H28N4O. The van der Waals surface area contributed by atoms with Crippen LogP contribution in [0.3, 0.4) is 0 Å². The third-order valence-electron chi connectivity index (χ3n) is 5.47. The number of aryl methyl sites for hydroxylation is 1. The molecule has 4 rings (SSSR count). The number of amides is 1. The number of rotatable bonds is 7. The van der Waals surface area contributed by atoms with E-state index < -0.39 is 0 Å². The highest BCUT2D eigenvalue weighted by Gasteiger charge is 2.10. The molecule has 2 aromatic carbocycles. The Bertz CT molecular complexity index is 910. The molecule has 0 spiro atoms. The van der Waals surface area contributed by atoms with E-state index in [0.29, 0.717) is 19.5 Å². The van der Waals surface area contributed by atoms with Gasteiger partial charge in [0.2, 0.25) is 5.91 Å². The molecule has 3 aromatic rings. The Morgan fingerprint density at radius 1 is 0.964 bits per heavy atom. The molecule has 0 saturated carbocycles. The molecule has 1 aromatic heterocycles. The average molecular weight is 377 g/mol. The lowest BCUT2D eigenvalue weighted by Gasteiger charge is -2.26. The van der Waals surface area contributed by atoms with E-state index in [1.165, 1.54) is 37.9 Å². The summed E-state index contributed by atoms with van der Waals surface area (Å²) in [6.07, 6.45) is 6.26. The van der Waals surface area contributed by atoms with Gasteiger partial charge in [-0.2, -0.15) is 0 Å². The summed E-state index contributed by atoms with van der Waals surface area (Å²) in [5.41, 5.74) is 4.53. The molecular weight excluding hydrogens is 348 g/mol. The first kappa shape index (κ1) is 18.7. The van der Waals surface area contributed by atoms with Crippen LogP contribution in [-0.2, 0) is 24.4 Å². The van der Waals surface area contributed by atoms with E-state index in [1.54, 1.807) is 6.33 Å². The zero-order chi connectivity index (χ0) is 19.2. The highest BCUT2D eigenvalue weighted by molar-refractivity contribution is 5.77. The Balaban J connectivity index is 1.23. The average Bonchev–Trinajstić information content (AvgIpc) is 3.16. The van der Waals surface area contributed by atoms with Crippen molar-refractivity contribution in [1.29, 1.82) is 0 Å². The number of aromatic nitrogens is 2. The molecule has 0 radical (unpaired) electrons. The van der Waals surface area contributed by atoms with Crippen LogP contribution in [0.1, 0.15) is 36.8 Å². The first-order valence-electron chi connectivity index (χ1n) is 10.2. The van der Waals surface area contributed by atoms with Crippen molar-refractivity contribution in [2.75, 3.05) is 13.1 Å². The van der Waals surface area contributed by atoms with Gasteiger partial charge in [-0.05, 0) is 49.2 Å². The quantitative estimate of drug-likeness (QED) is 0.684. The maximum atomic E-state index is 12.2. The zero-order valence-corrected chi connectivity index (χ0v) is 16.3. The largest absolute Gasteiger partial charge is 0.352 e. The summed E-state index contributed by atoms with van der Waals surface area (Å²) in [6.45, 7) is 4.67. The van der Waals surface area contributed by atoms with Gasteiger partial charge in [0, 0.05) is 26.1 Å². The number of fused-ring (bicyclic) bond motifs is 1. The molecule has 5 heteroatoms. The molecule has 2 heterocycles. The molecule has 0 unspecified atom stereocenters. The van der Waals surface area contributed by atoms with Crippen molar-refractivity contribution in [3.05, 3.63) is 66.0 Å². The topological polar surface area (TPSA) is 50.2 Å². The van der Waals surface area contributed by atoms with E-state index in [9.17, 15) is 4.79 Å². The first-order valence-corrected chi connectivity index (χ1v) is 10.2. The van der Waals surface area contributed by atoms with Crippen molar-refractivity contribution >= 4 is 16.9 Å². The molecule has 28 heavy (non-hydrogen) atoms. The molecule has 1 saturated heterocycles. The Hall–Kier alpha value is -2.66. The SMILES string of the molecule is O=C(CCn1cnc2ccccc21)NCc1ccc(CN2CCCCC2)cc1. The number of likely N-dealkylation sites (tertiary alicyclic amines) is 1. The Morgan fingerprint density at radius 2 is 1.71 bits per heavy atom. The predicted octanol–water partition coefficient (Wildman–Crippen LogP) is 3.73. The first-order chi connectivity index (χ1) is 13.8. The van der Waals surface area contributed by atoms with E-state index in [-0.39, 0.29) is 5.91 Å². The Kier molecular flexibility index (Phi) is 6.02. The van der Waals surface area contributed by atoms with Crippen LogP contribution in [0.4, 0.5) is 0 Å². The second kappa shape index (κ2) is 9.02.